The van der Waals surface area contributed by atoms with Crippen LogP contribution in [0.5, 0.6) is 0 Å². The van der Waals surface area contributed by atoms with Crippen LogP contribution in [0.1, 0.15) is 26.2 Å². The predicted molar refractivity (Wildman–Crippen MR) is 83.4 cm³/mol. The Morgan fingerprint density at radius 3 is 2.67 bits per heavy atom. The van der Waals surface area contributed by atoms with Crippen molar-refractivity contribution in [2.24, 2.45) is 0 Å². The van der Waals surface area contributed by atoms with E-state index in [4.69, 9.17) is 4.74 Å². The second kappa shape index (κ2) is 7.98. The smallest absolute Gasteiger partial charge is 0.323 e. The molecule has 0 amide bonds. The number of rotatable bonds is 6. The molecule has 0 N–H and O–H groups in total. The first-order valence-corrected chi connectivity index (χ1v) is 7.74. The molecular weight excluding hydrogens is 266 g/mol. The lowest BCUT2D eigenvalue weighted by Gasteiger charge is -2.38. The standard InChI is InChI=1S/C16H25N3O2/c1-3-4-7-14(16(20)21-2)18-10-12-19(13-11-18)15-8-5-6-9-17-15/h5-6,8-9,14H,3-4,7,10-13H2,1-2H3. The summed E-state index contributed by atoms with van der Waals surface area (Å²) >= 11 is 0. The highest BCUT2D eigenvalue weighted by atomic mass is 16.5. The molecule has 2 heterocycles. The number of unbranched alkanes of at least 4 members (excludes halogenated alkanes) is 1. The first-order valence-electron chi connectivity index (χ1n) is 7.74. The van der Waals surface area contributed by atoms with E-state index in [1.165, 1.54) is 7.11 Å². The van der Waals surface area contributed by atoms with Crippen molar-refractivity contribution in [3.63, 3.8) is 0 Å². The first-order chi connectivity index (χ1) is 10.3. The van der Waals surface area contributed by atoms with Gasteiger partial charge >= 0.3 is 5.97 Å². The van der Waals surface area contributed by atoms with Crippen LogP contribution in [0.3, 0.4) is 0 Å². The fourth-order valence-electron chi connectivity index (χ4n) is 2.79. The van der Waals surface area contributed by atoms with Crippen LogP contribution in [0.2, 0.25) is 0 Å². The van der Waals surface area contributed by atoms with Crippen LogP contribution in [-0.2, 0) is 9.53 Å². The average Bonchev–Trinajstić information content (AvgIpc) is 2.56. The summed E-state index contributed by atoms with van der Waals surface area (Å²) in [5, 5.41) is 0. The van der Waals surface area contributed by atoms with Gasteiger partial charge in [0.15, 0.2) is 0 Å². The minimum Gasteiger partial charge on any atom is -0.468 e. The van der Waals surface area contributed by atoms with Crippen molar-refractivity contribution in [1.29, 1.82) is 0 Å². The molecule has 0 saturated carbocycles. The molecule has 1 aromatic heterocycles. The number of ether oxygens (including phenoxy) is 1. The number of piperazine rings is 1. The number of carbonyl (C=O) groups is 1. The molecule has 5 nitrogen and oxygen atoms in total. The fraction of sp³-hybridized carbons (Fsp3) is 0.625. The Hall–Kier alpha value is -1.62. The van der Waals surface area contributed by atoms with E-state index in [1.54, 1.807) is 0 Å². The molecule has 5 heteroatoms. The van der Waals surface area contributed by atoms with Gasteiger partial charge in [-0.05, 0) is 18.6 Å². The molecule has 21 heavy (non-hydrogen) atoms. The quantitative estimate of drug-likeness (QED) is 0.750. The maximum Gasteiger partial charge on any atom is 0.323 e. The molecule has 1 aliphatic heterocycles. The van der Waals surface area contributed by atoms with E-state index in [1.807, 2.05) is 24.4 Å². The molecule has 0 aromatic carbocycles. The largest absolute Gasteiger partial charge is 0.468 e. The Morgan fingerprint density at radius 2 is 2.10 bits per heavy atom. The van der Waals surface area contributed by atoms with Crippen LogP contribution in [0.15, 0.2) is 24.4 Å². The second-order valence-corrected chi connectivity index (χ2v) is 5.39. The summed E-state index contributed by atoms with van der Waals surface area (Å²) in [6.45, 7) is 5.70. The van der Waals surface area contributed by atoms with Crippen LogP contribution >= 0.6 is 0 Å². The summed E-state index contributed by atoms with van der Waals surface area (Å²) in [4.78, 5) is 20.9. The minimum atomic E-state index is -0.102. The number of methoxy groups -OCH3 is 1. The summed E-state index contributed by atoms with van der Waals surface area (Å²) in [5.74, 6) is 0.912. The Kier molecular flexibility index (Phi) is 5.99. The normalized spacial score (nSPS) is 17.5. The van der Waals surface area contributed by atoms with Crippen molar-refractivity contribution < 1.29 is 9.53 Å². The van der Waals surface area contributed by atoms with E-state index in [0.29, 0.717) is 0 Å². The Morgan fingerprint density at radius 1 is 1.33 bits per heavy atom. The maximum absolute atomic E-state index is 12.0. The number of nitrogens with zero attached hydrogens (tertiary/aromatic N) is 3. The summed E-state index contributed by atoms with van der Waals surface area (Å²) in [6.07, 6.45) is 4.86. The number of hydrogen-bond acceptors (Lipinski definition) is 5. The third-order valence-corrected chi connectivity index (χ3v) is 4.03. The highest BCUT2D eigenvalue weighted by molar-refractivity contribution is 5.75. The monoisotopic (exact) mass is 291 g/mol. The molecule has 0 radical (unpaired) electrons. The lowest BCUT2D eigenvalue weighted by atomic mass is 10.1. The van der Waals surface area contributed by atoms with Crippen molar-refractivity contribution in [3.8, 4) is 0 Å². The van der Waals surface area contributed by atoms with Gasteiger partial charge in [0.1, 0.15) is 11.9 Å². The van der Waals surface area contributed by atoms with Crippen molar-refractivity contribution in [1.82, 2.24) is 9.88 Å². The lowest BCUT2D eigenvalue weighted by molar-refractivity contribution is -0.147. The van der Waals surface area contributed by atoms with Crippen LogP contribution < -0.4 is 4.90 Å². The van der Waals surface area contributed by atoms with E-state index >= 15 is 0 Å². The first kappa shape index (κ1) is 15.8. The zero-order valence-corrected chi connectivity index (χ0v) is 13.0. The van der Waals surface area contributed by atoms with Crippen molar-refractivity contribution in [3.05, 3.63) is 24.4 Å². The van der Waals surface area contributed by atoms with Gasteiger partial charge in [-0.1, -0.05) is 25.8 Å². The summed E-state index contributed by atoms with van der Waals surface area (Å²) in [6, 6.07) is 5.87. The number of pyridine rings is 1. The maximum atomic E-state index is 12.0. The molecular formula is C16H25N3O2. The van der Waals surface area contributed by atoms with E-state index in [0.717, 1.165) is 51.3 Å². The van der Waals surface area contributed by atoms with Gasteiger partial charge in [-0.15, -0.1) is 0 Å². The zero-order valence-electron chi connectivity index (χ0n) is 13.0. The highest BCUT2D eigenvalue weighted by Crippen LogP contribution is 2.17. The van der Waals surface area contributed by atoms with Crippen molar-refractivity contribution in [2.75, 3.05) is 38.2 Å². The van der Waals surface area contributed by atoms with Crippen molar-refractivity contribution in [2.45, 2.75) is 32.2 Å². The van der Waals surface area contributed by atoms with Gasteiger partial charge in [0, 0.05) is 32.4 Å². The topological polar surface area (TPSA) is 45.7 Å². The van der Waals surface area contributed by atoms with Crippen molar-refractivity contribution >= 4 is 11.8 Å². The molecule has 116 valence electrons. The minimum absolute atomic E-state index is 0.0965. The molecule has 1 atom stereocenters. The molecule has 0 bridgehead atoms. The number of esters is 1. The molecule has 0 aliphatic carbocycles. The molecule has 1 aromatic rings. The van der Waals surface area contributed by atoms with Gasteiger partial charge in [0.05, 0.1) is 7.11 Å². The molecule has 1 fully saturated rings. The van der Waals surface area contributed by atoms with Crippen LogP contribution in [-0.4, -0.2) is 55.2 Å². The SMILES string of the molecule is CCCCC(C(=O)OC)N1CCN(c2ccccn2)CC1. The third-order valence-electron chi connectivity index (χ3n) is 4.03. The molecule has 1 saturated heterocycles. The zero-order chi connectivity index (χ0) is 15.1. The highest BCUT2D eigenvalue weighted by Gasteiger charge is 2.29. The average molecular weight is 291 g/mol. The molecule has 2 rings (SSSR count). The third kappa shape index (κ3) is 4.17. The summed E-state index contributed by atoms with van der Waals surface area (Å²) in [7, 11) is 1.48. The van der Waals surface area contributed by atoms with E-state index in [9.17, 15) is 4.79 Å². The van der Waals surface area contributed by atoms with Gasteiger partial charge in [0.2, 0.25) is 0 Å². The van der Waals surface area contributed by atoms with Gasteiger partial charge < -0.3 is 9.64 Å². The fourth-order valence-corrected chi connectivity index (χ4v) is 2.79. The van der Waals surface area contributed by atoms with Gasteiger partial charge in [0.25, 0.3) is 0 Å². The Labute approximate surface area is 126 Å². The number of anilines is 1. The number of aromatic nitrogens is 1. The van der Waals surface area contributed by atoms with Crippen LogP contribution in [0.4, 0.5) is 5.82 Å². The number of hydrogen-bond donors (Lipinski definition) is 0. The lowest BCUT2D eigenvalue weighted by Crippen LogP contribution is -2.53. The van der Waals surface area contributed by atoms with E-state index < -0.39 is 0 Å². The number of carbonyl (C=O) groups excluding carboxylic acids is 1. The van der Waals surface area contributed by atoms with Gasteiger partial charge in [-0.2, -0.15) is 0 Å². The van der Waals surface area contributed by atoms with E-state index in [-0.39, 0.29) is 12.0 Å². The van der Waals surface area contributed by atoms with Crippen LogP contribution in [0.25, 0.3) is 0 Å². The molecule has 1 unspecified atom stereocenters. The second-order valence-electron chi connectivity index (χ2n) is 5.39. The Bertz CT molecular complexity index is 430. The predicted octanol–water partition coefficient (Wildman–Crippen LogP) is 1.94. The van der Waals surface area contributed by atoms with Gasteiger partial charge in [-0.25, -0.2) is 4.98 Å². The molecule has 1 aliphatic rings. The van der Waals surface area contributed by atoms with Gasteiger partial charge in [-0.3, -0.25) is 9.69 Å². The molecule has 0 spiro atoms. The van der Waals surface area contributed by atoms with E-state index in [2.05, 4.69) is 21.7 Å². The Balaban J connectivity index is 1.93. The van der Waals surface area contributed by atoms with Crippen LogP contribution in [0, 0.1) is 0 Å². The summed E-state index contributed by atoms with van der Waals surface area (Å²) in [5.41, 5.74) is 0. The summed E-state index contributed by atoms with van der Waals surface area (Å²) < 4.78 is 4.97.